The molecule has 124 valence electrons. The average Bonchev–Trinajstić information content (AvgIpc) is 2.63. The molecule has 0 N–H and O–H groups in total. The molecule has 3 rings (SSSR count). The summed E-state index contributed by atoms with van der Waals surface area (Å²) in [4.78, 5) is 23.9. The Labute approximate surface area is 141 Å². The van der Waals surface area contributed by atoms with E-state index in [2.05, 4.69) is 4.74 Å². The molecule has 1 aliphatic rings. The SMILES string of the molecule is COC(=O)CCc1ccc2c(c1)OCC(Cc1ccccc1)C2=O. The van der Waals surface area contributed by atoms with Crippen LogP contribution in [0.3, 0.4) is 0 Å². The summed E-state index contributed by atoms with van der Waals surface area (Å²) in [5.74, 6) is 0.347. The molecule has 1 atom stereocenters. The highest BCUT2D eigenvalue weighted by molar-refractivity contribution is 6.01. The first-order chi connectivity index (χ1) is 11.7. The van der Waals surface area contributed by atoms with Crippen LogP contribution in [0, 0.1) is 5.92 Å². The van der Waals surface area contributed by atoms with E-state index in [1.807, 2.05) is 42.5 Å². The van der Waals surface area contributed by atoms with Gasteiger partial charge >= 0.3 is 5.97 Å². The van der Waals surface area contributed by atoms with Crippen LogP contribution in [0.25, 0.3) is 0 Å². The molecule has 1 heterocycles. The normalized spacial score (nSPS) is 16.2. The first-order valence-corrected chi connectivity index (χ1v) is 8.08. The third-order valence-corrected chi connectivity index (χ3v) is 4.29. The zero-order valence-corrected chi connectivity index (χ0v) is 13.7. The molecule has 4 heteroatoms. The molecule has 0 bridgehead atoms. The van der Waals surface area contributed by atoms with Crippen LogP contribution in [0.1, 0.15) is 27.9 Å². The van der Waals surface area contributed by atoms with Crippen LogP contribution in [-0.4, -0.2) is 25.5 Å². The lowest BCUT2D eigenvalue weighted by Gasteiger charge is -2.24. The number of methoxy groups -OCH3 is 1. The minimum atomic E-state index is -0.243. The zero-order valence-electron chi connectivity index (χ0n) is 13.7. The fourth-order valence-electron chi connectivity index (χ4n) is 2.93. The van der Waals surface area contributed by atoms with Gasteiger partial charge in [-0.25, -0.2) is 0 Å². The van der Waals surface area contributed by atoms with E-state index >= 15 is 0 Å². The van der Waals surface area contributed by atoms with Crippen molar-refractivity contribution in [3.63, 3.8) is 0 Å². The number of ether oxygens (including phenoxy) is 2. The number of esters is 1. The highest BCUT2D eigenvalue weighted by Gasteiger charge is 2.29. The minimum absolute atomic E-state index is 0.125. The second-order valence-electron chi connectivity index (χ2n) is 5.97. The molecule has 0 fully saturated rings. The van der Waals surface area contributed by atoms with Crippen molar-refractivity contribution in [1.29, 1.82) is 0 Å². The summed E-state index contributed by atoms with van der Waals surface area (Å²) in [7, 11) is 1.38. The van der Waals surface area contributed by atoms with Gasteiger partial charge in [-0.05, 0) is 36.1 Å². The van der Waals surface area contributed by atoms with Gasteiger partial charge in [-0.1, -0.05) is 36.4 Å². The molecular weight excluding hydrogens is 304 g/mol. The highest BCUT2D eigenvalue weighted by Crippen LogP contribution is 2.30. The minimum Gasteiger partial charge on any atom is -0.492 e. The largest absolute Gasteiger partial charge is 0.492 e. The van der Waals surface area contributed by atoms with Gasteiger partial charge in [-0.3, -0.25) is 9.59 Å². The Morgan fingerprint density at radius 2 is 1.96 bits per heavy atom. The first-order valence-electron chi connectivity index (χ1n) is 8.08. The van der Waals surface area contributed by atoms with Crippen LogP contribution in [0.2, 0.25) is 0 Å². The van der Waals surface area contributed by atoms with E-state index in [0.717, 1.165) is 11.1 Å². The van der Waals surface area contributed by atoms with Crippen molar-refractivity contribution in [2.45, 2.75) is 19.3 Å². The van der Waals surface area contributed by atoms with E-state index in [1.54, 1.807) is 6.07 Å². The number of aryl methyl sites for hydroxylation is 1. The number of hydrogen-bond acceptors (Lipinski definition) is 4. The molecule has 1 unspecified atom stereocenters. The van der Waals surface area contributed by atoms with E-state index in [1.165, 1.54) is 7.11 Å². The average molecular weight is 324 g/mol. The van der Waals surface area contributed by atoms with Gasteiger partial charge in [0.15, 0.2) is 5.78 Å². The standard InChI is InChI=1S/C20H20O4/c1-23-19(21)10-8-15-7-9-17-18(12-15)24-13-16(20(17)22)11-14-5-3-2-4-6-14/h2-7,9,12,16H,8,10-11,13H2,1H3. The van der Waals surface area contributed by atoms with E-state index < -0.39 is 0 Å². The Morgan fingerprint density at radius 3 is 2.71 bits per heavy atom. The number of hydrogen-bond donors (Lipinski definition) is 0. The number of fused-ring (bicyclic) bond motifs is 1. The molecule has 0 aliphatic carbocycles. The van der Waals surface area contributed by atoms with Gasteiger partial charge in [-0.2, -0.15) is 0 Å². The van der Waals surface area contributed by atoms with Crippen LogP contribution < -0.4 is 4.74 Å². The van der Waals surface area contributed by atoms with Gasteiger partial charge in [0, 0.05) is 6.42 Å². The molecular formula is C20H20O4. The smallest absolute Gasteiger partial charge is 0.305 e. The monoisotopic (exact) mass is 324 g/mol. The lowest BCUT2D eigenvalue weighted by atomic mass is 9.89. The summed E-state index contributed by atoms with van der Waals surface area (Å²) in [6.45, 7) is 0.390. The van der Waals surface area contributed by atoms with Crippen LogP contribution in [0.15, 0.2) is 48.5 Å². The third-order valence-electron chi connectivity index (χ3n) is 4.29. The quantitative estimate of drug-likeness (QED) is 0.793. The molecule has 0 saturated carbocycles. The Hall–Kier alpha value is -2.62. The van der Waals surface area contributed by atoms with Gasteiger partial charge in [0.05, 0.1) is 25.2 Å². The van der Waals surface area contributed by atoms with Crippen molar-refractivity contribution in [3.05, 3.63) is 65.2 Å². The number of carbonyl (C=O) groups excluding carboxylic acids is 2. The van der Waals surface area contributed by atoms with E-state index in [4.69, 9.17) is 4.74 Å². The number of ketones is 1. The summed E-state index contributed by atoms with van der Waals surface area (Å²) in [5.41, 5.74) is 2.73. The fraction of sp³-hybridized carbons (Fsp3) is 0.300. The van der Waals surface area contributed by atoms with Crippen LogP contribution in [0.5, 0.6) is 5.75 Å². The second-order valence-corrected chi connectivity index (χ2v) is 5.97. The second kappa shape index (κ2) is 7.30. The molecule has 0 saturated heterocycles. The van der Waals surface area contributed by atoms with Crippen molar-refractivity contribution in [2.75, 3.05) is 13.7 Å². The topological polar surface area (TPSA) is 52.6 Å². The van der Waals surface area contributed by atoms with Crippen molar-refractivity contribution in [2.24, 2.45) is 5.92 Å². The maximum absolute atomic E-state index is 12.7. The summed E-state index contributed by atoms with van der Waals surface area (Å²) in [6, 6.07) is 15.5. The van der Waals surface area contributed by atoms with Gasteiger partial charge < -0.3 is 9.47 Å². The first kappa shape index (κ1) is 16.2. The number of benzene rings is 2. The molecule has 0 radical (unpaired) electrons. The zero-order chi connectivity index (χ0) is 16.9. The fourth-order valence-corrected chi connectivity index (χ4v) is 2.93. The Kier molecular flexibility index (Phi) is 4.94. The van der Waals surface area contributed by atoms with Crippen molar-refractivity contribution in [1.82, 2.24) is 0 Å². The maximum Gasteiger partial charge on any atom is 0.305 e. The molecule has 0 amide bonds. The Bertz CT molecular complexity index is 737. The predicted molar refractivity (Wildman–Crippen MR) is 90.2 cm³/mol. The van der Waals surface area contributed by atoms with Crippen molar-refractivity contribution >= 4 is 11.8 Å². The van der Waals surface area contributed by atoms with E-state index in [9.17, 15) is 9.59 Å². The van der Waals surface area contributed by atoms with Gasteiger partial charge in [0.25, 0.3) is 0 Å². The van der Waals surface area contributed by atoms with Crippen molar-refractivity contribution < 1.29 is 19.1 Å². The number of rotatable bonds is 5. The Morgan fingerprint density at radius 1 is 1.17 bits per heavy atom. The summed E-state index contributed by atoms with van der Waals surface area (Å²) in [5, 5.41) is 0. The molecule has 4 nitrogen and oxygen atoms in total. The van der Waals surface area contributed by atoms with Crippen LogP contribution in [-0.2, 0) is 22.4 Å². The van der Waals surface area contributed by atoms with Gasteiger partial charge in [-0.15, -0.1) is 0 Å². The van der Waals surface area contributed by atoms with Gasteiger partial charge in [0.1, 0.15) is 5.75 Å². The number of carbonyl (C=O) groups is 2. The summed E-state index contributed by atoms with van der Waals surface area (Å²) in [6.07, 6.45) is 1.58. The van der Waals surface area contributed by atoms with E-state index in [0.29, 0.717) is 37.2 Å². The molecule has 1 aliphatic heterocycles. The predicted octanol–water partition coefficient (Wildman–Crippen LogP) is 3.23. The van der Waals surface area contributed by atoms with Crippen LogP contribution >= 0.6 is 0 Å². The molecule has 2 aromatic rings. The molecule has 0 spiro atoms. The molecule has 0 aromatic heterocycles. The summed E-state index contributed by atoms with van der Waals surface area (Å²) >= 11 is 0. The molecule has 24 heavy (non-hydrogen) atoms. The third kappa shape index (κ3) is 3.65. The number of Topliss-reactive ketones (excluding diaryl/α,β-unsaturated/α-hetero) is 1. The molecule has 2 aromatic carbocycles. The maximum atomic E-state index is 12.7. The summed E-state index contributed by atoms with van der Waals surface area (Å²) < 4.78 is 10.5. The lowest BCUT2D eigenvalue weighted by Crippen LogP contribution is -2.29. The Balaban J connectivity index is 1.70. The highest BCUT2D eigenvalue weighted by atomic mass is 16.5. The van der Waals surface area contributed by atoms with Gasteiger partial charge in [0.2, 0.25) is 0 Å². The van der Waals surface area contributed by atoms with Crippen molar-refractivity contribution in [3.8, 4) is 5.75 Å². The lowest BCUT2D eigenvalue weighted by molar-refractivity contribution is -0.140. The van der Waals surface area contributed by atoms with E-state index in [-0.39, 0.29) is 17.7 Å². The van der Waals surface area contributed by atoms with Crippen LogP contribution in [0.4, 0.5) is 0 Å².